The summed E-state index contributed by atoms with van der Waals surface area (Å²) in [6, 6.07) is 6.38. The second kappa shape index (κ2) is 4.69. The first kappa shape index (κ1) is 11.2. The van der Waals surface area contributed by atoms with Gasteiger partial charge in [-0.15, -0.1) is 0 Å². The molecule has 0 spiro atoms. The Hall–Kier alpha value is -1.31. The third-order valence-electron chi connectivity index (χ3n) is 3.34. The Balaban J connectivity index is 2.39. The van der Waals surface area contributed by atoms with Gasteiger partial charge < -0.3 is 5.32 Å². The zero-order valence-electron chi connectivity index (χ0n) is 10.0. The van der Waals surface area contributed by atoms with Crippen molar-refractivity contribution in [3.05, 3.63) is 34.9 Å². The summed E-state index contributed by atoms with van der Waals surface area (Å²) >= 11 is 0. The largest absolute Gasteiger partial charge is 0.351 e. The van der Waals surface area contributed by atoms with Crippen LogP contribution in [0, 0.1) is 0 Å². The number of rotatable bonds is 3. The maximum absolute atomic E-state index is 11.8. The summed E-state index contributed by atoms with van der Waals surface area (Å²) in [6.45, 7) is 5.12. The Morgan fingerprint density at radius 3 is 2.88 bits per heavy atom. The molecule has 2 rings (SSSR count). The van der Waals surface area contributed by atoms with Crippen LogP contribution in [-0.2, 0) is 6.42 Å². The molecule has 0 radical (unpaired) electrons. The minimum Gasteiger partial charge on any atom is -0.351 e. The highest BCUT2D eigenvalue weighted by Crippen LogP contribution is 2.27. The minimum absolute atomic E-state index is 0.0950. The molecule has 2 heteroatoms. The summed E-state index contributed by atoms with van der Waals surface area (Å²) in [6.07, 6.45) is 3.26. The lowest BCUT2D eigenvalue weighted by Gasteiger charge is -2.25. The highest BCUT2D eigenvalue weighted by atomic mass is 16.1. The average Bonchev–Trinajstić information content (AvgIpc) is 2.31. The lowest BCUT2D eigenvalue weighted by atomic mass is 9.87. The van der Waals surface area contributed by atoms with Gasteiger partial charge in [0.1, 0.15) is 0 Å². The van der Waals surface area contributed by atoms with Crippen LogP contribution in [0.25, 0.3) is 0 Å². The van der Waals surface area contributed by atoms with E-state index in [4.69, 9.17) is 0 Å². The minimum atomic E-state index is 0.0950. The van der Waals surface area contributed by atoms with Crippen LogP contribution in [0.4, 0.5) is 0 Å². The number of carbonyl (C=O) groups is 1. The fourth-order valence-electron chi connectivity index (χ4n) is 2.39. The second-order valence-electron chi connectivity index (χ2n) is 4.49. The number of hydrogen-bond acceptors (Lipinski definition) is 1. The SMILES string of the molecule is CCCc1ccc2c(c1)C(=O)NCC2CC. The number of amides is 1. The quantitative estimate of drug-likeness (QED) is 0.828. The molecule has 0 fully saturated rings. The van der Waals surface area contributed by atoms with Crippen LogP contribution < -0.4 is 5.32 Å². The molecule has 0 bridgehead atoms. The van der Waals surface area contributed by atoms with Crippen LogP contribution in [0.1, 0.15) is 54.1 Å². The summed E-state index contributed by atoms with van der Waals surface area (Å²) in [4.78, 5) is 11.8. The smallest absolute Gasteiger partial charge is 0.251 e. The van der Waals surface area contributed by atoms with E-state index in [1.165, 1.54) is 11.1 Å². The molecule has 1 atom stereocenters. The number of hydrogen-bond donors (Lipinski definition) is 1. The molecule has 0 aromatic heterocycles. The van der Waals surface area contributed by atoms with E-state index in [0.29, 0.717) is 5.92 Å². The van der Waals surface area contributed by atoms with Crippen LogP contribution in [0.15, 0.2) is 18.2 Å². The zero-order valence-corrected chi connectivity index (χ0v) is 10.0. The molecule has 1 aliphatic heterocycles. The van der Waals surface area contributed by atoms with E-state index in [2.05, 4.69) is 37.4 Å². The van der Waals surface area contributed by atoms with Crippen LogP contribution in [-0.4, -0.2) is 12.5 Å². The molecule has 0 saturated carbocycles. The molecule has 1 N–H and O–H groups in total. The van der Waals surface area contributed by atoms with E-state index in [1.54, 1.807) is 0 Å². The summed E-state index contributed by atoms with van der Waals surface area (Å²) in [5.74, 6) is 0.584. The normalized spacial score (nSPS) is 19.1. The molecule has 1 aromatic rings. The van der Waals surface area contributed by atoms with Gasteiger partial charge in [-0.25, -0.2) is 0 Å². The van der Waals surface area contributed by atoms with Gasteiger partial charge in [-0.3, -0.25) is 4.79 Å². The molecule has 1 amide bonds. The van der Waals surface area contributed by atoms with Crippen molar-refractivity contribution in [3.8, 4) is 0 Å². The first-order chi connectivity index (χ1) is 7.76. The number of fused-ring (bicyclic) bond motifs is 1. The Bertz CT molecular complexity index is 398. The van der Waals surface area contributed by atoms with E-state index >= 15 is 0 Å². The highest BCUT2D eigenvalue weighted by molar-refractivity contribution is 5.97. The molecule has 0 saturated heterocycles. The molecule has 16 heavy (non-hydrogen) atoms. The monoisotopic (exact) mass is 217 g/mol. The maximum Gasteiger partial charge on any atom is 0.251 e. The van der Waals surface area contributed by atoms with Gasteiger partial charge in [0.15, 0.2) is 0 Å². The second-order valence-corrected chi connectivity index (χ2v) is 4.49. The maximum atomic E-state index is 11.8. The Morgan fingerprint density at radius 1 is 1.38 bits per heavy atom. The van der Waals surface area contributed by atoms with Gasteiger partial charge in [0, 0.05) is 18.0 Å². The van der Waals surface area contributed by atoms with Gasteiger partial charge in [0.05, 0.1) is 0 Å². The van der Waals surface area contributed by atoms with Gasteiger partial charge in [-0.2, -0.15) is 0 Å². The lowest BCUT2D eigenvalue weighted by molar-refractivity contribution is 0.0939. The fraction of sp³-hybridized carbons (Fsp3) is 0.500. The van der Waals surface area contributed by atoms with Crippen molar-refractivity contribution in [1.82, 2.24) is 5.32 Å². The Morgan fingerprint density at radius 2 is 2.19 bits per heavy atom. The Kier molecular flexibility index (Phi) is 3.28. The van der Waals surface area contributed by atoms with Gasteiger partial charge in [0.2, 0.25) is 0 Å². The van der Waals surface area contributed by atoms with Crippen molar-refractivity contribution in [3.63, 3.8) is 0 Å². The third-order valence-corrected chi connectivity index (χ3v) is 3.34. The van der Waals surface area contributed by atoms with Crippen molar-refractivity contribution in [2.45, 2.75) is 39.0 Å². The molecule has 86 valence electrons. The first-order valence-electron chi connectivity index (χ1n) is 6.17. The van der Waals surface area contributed by atoms with Crippen LogP contribution >= 0.6 is 0 Å². The molecule has 0 aliphatic carbocycles. The van der Waals surface area contributed by atoms with E-state index in [1.807, 2.05) is 0 Å². The van der Waals surface area contributed by atoms with Crippen LogP contribution in [0.3, 0.4) is 0 Å². The first-order valence-corrected chi connectivity index (χ1v) is 6.17. The van der Waals surface area contributed by atoms with Crippen molar-refractivity contribution < 1.29 is 4.79 Å². The van der Waals surface area contributed by atoms with Gasteiger partial charge >= 0.3 is 0 Å². The lowest BCUT2D eigenvalue weighted by Crippen LogP contribution is -2.34. The fourth-order valence-corrected chi connectivity index (χ4v) is 2.39. The summed E-state index contributed by atoms with van der Waals surface area (Å²) in [7, 11) is 0. The topological polar surface area (TPSA) is 29.1 Å². The van der Waals surface area contributed by atoms with E-state index in [-0.39, 0.29) is 5.91 Å². The summed E-state index contributed by atoms with van der Waals surface area (Å²) < 4.78 is 0. The van der Waals surface area contributed by atoms with Crippen molar-refractivity contribution in [2.24, 2.45) is 0 Å². The van der Waals surface area contributed by atoms with E-state index < -0.39 is 0 Å². The van der Waals surface area contributed by atoms with Crippen molar-refractivity contribution in [1.29, 1.82) is 0 Å². The number of benzene rings is 1. The van der Waals surface area contributed by atoms with E-state index in [9.17, 15) is 4.79 Å². The Labute approximate surface area is 97.1 Å². The molecule has 1 aromatic carbocycles. The number of aryl methyl sites for hydroxylation is 1. The van der Waals surface area contributed by atoms with Crippen LogP contribution in [0.2, 0.25) is 0 Å². The van der Waals surface area contributed by atoms with Gasteiger partial charge in [-0.1, -0.05) is 32.4 Å². The average molecular weight is 217 g/mol. The zero-order chi connectivity index (χ0) is 11.5. The van der Waals surface area contributed by atoms with E-state index in [0.717, 1.165) is 31.4 Å². The van der Waals surface area contributed by atoms with Gasteiger partial charge in [-0.05, 0) is 30.0 Å². The summed E-state index contributed by atoms with van der Waals surface area (Å²) in [5, 5.41) is 2.97. The summed E-state index contributed by atoms with van der Waals surface area (Å²) in [5.41, 5.74) is 3.39. The predicted octanol–water partition coefficient (Wildman–Crippen LogP) is 2.88. The van der Waals surface area contributed by atoms with Crippen molar-refractivity contribution >= 4 is 5.91 Å². The molecule has 1 heterocycles. The van der Waals surface area contributed by atoms with Crippen molar-refractivity contribution in [2.75, 3.05) is 6.54 Å². The standard InChI is InChI=1S/C14H19NO/c1-3-5-10-6-7-12-11(4-2)9-15-14(16)13(12)8-10/h6-8,11H,3-5,9H2,1-2H3,(H,15,16). The number of carbonyl (C=O) groups excluding carboxylic acids is 1. The highest BCUT2D eigenvalue weighted by Gasteiger charge is 2.23. The third kappa shape index (κ3) is 1.97. The molecule has 1 unspecified atom stereocenters. The van der Waals surface area contributed by atoms with Crippen LogP contribution in [0.5, 0.6) is 0 Å². The molecular formula is C14H19NO. The predicted molar refractivity (Wildman–Crippen MR) is 65.8 cm³/mol. The van der Waals surface area contributed by atoms with Gasteiger partial charge in [0.25, 0.3) is 5.91 Å². The molecule has 1 aliphatic rings. The molecular weight excluding hydrogens is 198 g/mol. The number of nitrogens with one attached hydrogen (secondary N) is 1. The molecule has 2 nitrogen and oxygen atoms in total.